The molecule has 5 aliphatic carbocycles. The minimum atomic E-state index is 0.121. The molecular formula is C22H37N3O. The molecule has 6 aliphatic rings. The summed E-state index contributed by atoms with van der Waals surface area (Å²) in [4.78, 5) is 15.3. The highest BCUT2D eigenvalue weighted by molar-refractivity contribution is 5.75. The number of hydrogen-bond acceptors (Lipinski definition) is 2. The van der Waals surface area contributed by atoms with Gasteiger partial charge in [0.1, 0.15) is 0 Å². The SMILES string of the molecule is CCCCN1CCC(CNC(=O)NC23CC4CC5CC(C2)C4C5C3)CC1. The van der Waals surface area contributed by atoms with Gasteiger partial charge in [-0.3, -0.25) is 0 Å². The number of carbonyl (C=O) groups excluding carboxylic acids is 1. The Hall–Kier alpha value is -0.770. The van der Waals surface area contributed by atoms with Crippen molar-refractivity contribution in [3.8, 4) is 0 Å². The van der Waals surface area contributed by atoms with E-state index in [-0.39, 0.29) is 11.6 Å². The van der Waals surface area contributed by atoms with Crippen molar-refractivity contribution in [1.29, 1.82) is 0 Å². The minimum Gasteiger partial charge on any atom is -0.338 e. The molecule has 1 aliphatic heterocycles. The molecule has 5 saturated carbocycles. The maximum Gasteiger partial charge on any atom is 0.315 e. The molecule has 0 aromatic rings. The zero-order valence-electron chi connectivity index (χ0n) is 16.5. The monoisotopic (exact) mass is 359 g/mol. The zero-order valence-corrected chi connectivity index (χ0v) is 16.5. The molecule has 146 valence electrons. The normalized spacial score (nSPS) is 44.0. The quantitative estimate of drug-likeness (QED) is 0.761. The summed E-state index contributed by atoms with van der Waals surface area (Å²) in [7, 11) is 0. The third-order valence-electron chi connectivity index (χ3n) is 8.80. The molecule has 2 amide bonds. The van der Waals surface area contributed by atoms with Crippen LogP contribution in [-0.2, 0) is 0 Å². The first kappa shape index (κ1) is 17.3. The average molecular weight is 360 g/mol. The lowest BCUT2D eigenvalue weighted by Gasteiger charge is -2.53. The summed E-state index contributed by atoms with van der Waals surface area (Å²) >= 11 is 0. The molecule has 26 heavy (non-hydrogen) atoms. The predicted molar refractivity (Wildman–Crippen MR) is 104 cm³/mol. The highest BCUT2D eigenvalue weighted by atomic mass is 16.2. The van der Waals surface area contributed by atoms with Crippen LogP contribution in [0, 0.1) is 35.5 Å². The summed E-state index contributed by atoms with van der Waals surface area (Å²) in [5, 5.41) is 6.74. The summed E-state index contributed by atoms with van der Waals surface area (Å²) in [6.07, 6.45) is 11.8. The molecule has 1 heterocycles. The van der Waals surface area contributed by atoms with Crippen LogP contribution in [0.1, 0.15) is 64.7 Å². The Labute approximate surface area is 158 Å². The van der Waals surface area contributed by atoms with Gasteiger partial charge < -0.3 is 15.5 Å². The lowest BCUT2D eigenvalue weighted by atomic mass is 9.57. The highest BCUT2D eigenvalue weighted by Crippen LogP contribution is 2.69. The summed E-state index contributed by atoms with van der Waals surface area (Å²) in [6, 6.07) is 0.121. The van der Waals surface area contributed by atoms with Crippen LogP contribution >= 0.6 is 0 Å². The minimum absolute atomic E-state index is 0.121. The number of likely N-dealkylation sites (tertiary alicyclic amines) is 1. The topological polar surface area (TPSA) is 44.4 Å². The van der Waals surface area contributed by atoms with E-state index in [9.17, 15) is 4.79 Å². The second kappa shape index (κ2) is 6.68. The summed E-state index contributed by atoms with van der Waals surface area (Å²) in [5.41, 5.74) is 0.146. The molecule has 6 bridgehead atoms. The Morgan fingerprint density at radius 3 is 2.46 bits per heavy atom. The van der Waals surface area contributed by atoms with Gasteiger partial charge in [0, 0.05) is 12.1 Å². The van der Waals surface area contributed by atoms with E-state index in [2.05, 4.69) is 22.5 Å². The molecule has 0 radical (unpaired) electrons. The fraction of sp³-hybridized carbons (Fsp3) is 0.955. The molecule has 3 atom stereocenters. The molecule has 0 spiro atoms. The number of unbranched alkanes of at least 4 members (excludes halogenated alkanes) is 1. The number of amides is 2. The highest BCUT2D eigenvalue weighted by Gasteiger charge is 2.65. The van der Waals surface area contributed by atoms with E-state index in [0.717, 1.165) is 36.1 Å². The van der Waals surface area contributed by atoms with Crippen molar-refractivity contribution >= 4 is 6.03 Å². The number of piperidine rings is 1. The fourth-order valence-corrected chi connectivity index (χ4v) is 7.85. The molecule has 4 heteroatoms. The van der Waals surface area contributed by atoms with Crippen molar-refractivity contribution in [2.75, 3.05) is 26.2 Å². The van der Waals surface area contributed by atoms with E-state index in [1.54, 1.807) is 0 Å². The lowest BCUT2D eigenvalue weighted by molar-refractivity contribution is 0.0122. The van der Waals surface area contributed by atoms with Crippen LogP contribution < -0.4 is 10.6 Å². The van der Waals surface area contributed by atoms with Gasteiger partial charge in [-0.05, 0) is 107 Å². The molecule has 6 fully saturated rings. The number of nitrogens with zero attached hydrogens (tertiary/aromatic N) is 1. The van der Waals surface area contributed by atoms with E-state index in [4.69, 9.17) is 0 Å². The molecule has 3 unspecified atom stereocenters. The van der Waals surface area contributed by atoms with Gasteiger partial charge in [0.25, 0.3) is 0 Å². The third kappa shape index (κ3) is 2.96. The Bertz CT molecular complexity index is 526. The smallest absolute Gasteiger partial charge is 0.315 e. The van der Waals surface area contributed by atoms with E-state index < -0.39 is 0 Å². The van der Waals surface area contributed by atoms with Gasteiger partial charge in [-0.15, -0.1) is 0 Å². The number of urea groups is 1. The maximum absolute atomic E-state index is 12.7. The van der Waals surface area contributed by atoms with E-state index >= 15 is 0 Å². The van der Waals surface area contributed by atoms with Crippen molar-refractivity contribution in [2.24, 2.45) is 35.5 Å². The number of rotatable bonds is 6. The number of nitrogens with one attached hydrogen (secondary N) is 2. The van der Waals surface area contributed by atoms with Crippen LogP contribution in [0.4, 0.5) is 4.79 Å². The zero-order chi connectivity index (χ0) is 17.7. The van der Waals surface area contributed by atoms with Gasteiger partial charge in [0.05, 0.1) is 0 Å². The Kier molecular flexibility index (Phi) is 4.46. The van der Waals surface area contributed by atoms with Crippen LogP contribution in [0.5, 0.6) is 0 Å². The van der Waals surface area contributed by atoms with Crippen LogP contribution in [0.2, 0.25) is 0 Å². The third-order valence-corrected chi connectivity index (χ3v) is 8.80. The van der Waals surface area contributed by atoms with E-state index in [0.29, 0.717) is 5.92 Å². The summed E-state index contributed by atoms with van der Waals surface area (Å²) in [5.74, 6) is 5.51. The van der Waals surface area contributed by atoms with Gasteiger partial charge in [-0.2, -0.15) is 0 Å². The summed E-state index contributed by atoms with van der Waals surface area (Å²) < 4.78 is 0. The Morgan fingerprint density at radius 2 is 1.81 bits per heavy atom. The lowest BCUT2D eigenvalue weighted by Crippen LogP contribution is -2.61. The number of carbonyl (C=O) groups is 1. The maximum atomic E-state index is 12.7. The second-order valence-electron chi connectivity index (χ2n) is 10.4. The Morgan fingerprint density at radius 1 is 1.08 bits per heavy atom. The van der Waals surface area contributed by atoms with Crippen molar-refractivity contribution in [1.82, 2.24) is 15.5 Å². The van der Waals surface area contributed by atoms with Gasteiger partial charge in [0.2, 0.25) is 0 Å². The molecular weight excluding hydrogens is 322 g/mol. The van der Waals surface area contributed by atoms with Crippen LogP contribution in [-0.4, -0.2) is 42.6 Å². The molecule has 6 rings (SSSR count). The van der Waals surface area contributed by atoms with Gasteiger partial charge in [-0.25, -0.2) is 4.79 Å². The largest absolute Gasteiger partial charge is 0.338 e. The van der Waals surface area contributed by atoms with E-state index in [1.807, 2.05) is 0 Å². The van der Waals surface area contributed by atoms with Crippen LogP contribution in [0.15, 0.2) is 0 Å². The van der Waals surface area contributed by atoms with Gasteiger partial charge >= 0.3 is 6.03 Å². The molecule has 2 N–H and O–H groups in total. The first-order chi connectivity index (χ1) is 12.7. The van der Waals surface area contributed by atoms with Crippen molar-refractivity contribution < 1.29 is 4.79 Å². The fourth-order valence-electron chi connectivity index (χ4n) is 7.85. The van der Waals surface area contributed by atoms with Crippen molar-refractivity contribution in [3.63, 3.8) is 0 Å². The molecule has 0 aromatic carbocycles. The number of hydrogen-bond donors (Lipinski definition) is 2. The average Bonchev–Trinajstić information content (AvgIpc) is 3.04. The first-order valence-corrected chi connectivity index (χ1v) is 11.4. The molecule has 1 saturated heterocycles. The van der Waals surface area contributed by atoms with Crippen molar-refractivity contribution in [2.45, 2.75) is 70.3 Å². The van der Waals surface area contributed by atoms with Gasteiger partial charge in [0.15, 0.2) is 0 Å². The summed E-state index contributed by atoms with van der Waals surface area (Å²) in [6.45, 7) is 6.82. The standard InChI is InChI=1S/C22H37N3O/c1-2-3-6-25-7-4-15(5-8-25)14-23-21(26)24-22-11-17-9-16-10-18(12-22)20(17)19(16)13-22/h15-20H,2-14H2,1H3,(H2,23,24,26). The van der Waals surface area contributed by atoms with E-state index in [1.165, 1.54) is 77.4 Å². The molecule has 0 aromatic heterocycles. The second-order valence-corrected chi connectivity index (χ2v) is 10.4. The molecule has 4 nitrogen and oxygen atoms in total. The first-order valence-electron chi connectivity index (χ1n) is 11.4. The van der Waals surface area contributed by atoms with Gasteiger partial charge in [-0.1, -0.05) is 13.3 Å². The van der Waals surface area contributed by atoms with Crippen LogP contribution in [0.25, 0.3) is 0 Å². The predicted octanol–water partition coefficient (Wildman–Crippen LogP) is 3.62. The van der Waals surface area contributed by atoms with Crippen molar-refractivity contribution in [3.05, 3.63) is 0 Å². The van der Waals surface area contributed by atoms with Crippen LogP contribution in [0.3, 0.4) is 0 Å². The Balaban J connectivity index is 1.08.